The molecule has 0 saturated carbocycles. The van der Waals surface area contributed by atoms with Gasteiger partial charge in [-0.3, -0.25) is 4.79 Å². The highest BCUT2D eigenvalue weighted by Gasteiger charge is 2.54. The molecule has 0 amide bonds. The smallest absolute Gasteiger partial charge is 0.302 e. The summed E-state index contributed by atoms with van der Waals surface area (Å²) in [6, 6.07) is 8.13. The number of carbonyl (C=O) groups excluding carboxylic acids is 1. The zero-order chi connectivity index (χ0) is 18.2. The minimum atomic E-state index is -0.228. The third kappa shape index (κ3) is 3.08. The fraction of sp³-hybridized carbons (Fsp3) is 0.571. The summed E-state index contributed by atoms with van der Waals surface area (Å²) in [5.41, 5.74) is 2.37. The largest absolute Gasteiger partial charge is 0.497 e. The van der Waals surface area contributed by atoms with Crippen LogP contribution in [0.3, 0.4) is 0 Å². The van der Waals surface area contributed by atoms with E-state index in [1.54, 1.807) is 7.11 Å². The molecule has 0 aromatic heterocycles. The van der Waals surface area contributed by atoms with Crippen molar-refractivity contribution < 1.29 is 19.0 Å². The van der Waals surface area contributed by atoms with Gasteiger partial charge in [-0.05, 0) is 36.5 Å². The molecule has 136 valence electrons. The maximum Gasteiger partial charge on any atom is 0.302 e. The molecule has 1 aromatic carbocycles. The zero-order valence-electron chi connectivity index (χ0n) is 15.7. The van der Waals surface area contributed by atoms with Gasteiger partial charge >= 0.3 is 5.97 Å². The minimum Gasteiger partial charge on any atom is -0.497 e. The molecule has 0 N–H and O–H groups in total. The third-order valence-electron chi connectivity index (χ3n) is 6.24. The highest BCUT2D eigenvalue weighted by atomic mass is 16.5. The number of benzene rings is 1. The van der Waals surface area contributed by atoms with Crippen LogP contribution in [0.4, 0.5) is 0 Å². The molecule has 25 heavy (non-hydrogen) atoms. The number of carbonyl (C=O) groups is 1. The number of ether oxygens (including phenoxy) is 3. The maximum absolute atomic E-state index is 11.4. The summed E-state index contributed by atoms with van der Waals surface area (Å²) < 4.78 is 17.1. The predicted molar refractivity (Wildman–Crippen MR) is 96.3 cm³/mol. The number of rotatable bonds is 4. The van der Waals surface area contributed by atoms with Crippen LogP contribution in [0.1, 0.15) is 39.4 Å². The van der Waals surface area contributed by atoms with Crippen LogP contribution in [0.25, 0.3) is 0 Å². The van der Waals surface area contributed by atoms with Gasteiger partial charge in [-0.15, -0.1) is 0 Å². The Morgan fingerprint density at radius 2 is 1.96 bits per heavy atom. The highest BCUT2D eigenvalue weighted by molar-refractivity contribution is 5.66. The van der Waals surface area contributed by atoms with Gasteiger partial charge in [-0.25, -0.2) is 0 Å². The van der Waals surface area contributed by atoms with Gasteiger partial charge < -0.3 is 14.2 Å². The second-order valence-electron chi connectivity index (χ2n) is 7.53. The number of esters is 1. The molecule has 3 rings (SSSR count). The minimum absolute atomic E-state index is 0.0232. The van der Waals surface area contributed by atoms with Crippen LogP contribution in [0, 0.1) is 23.2 Å². The molecule has 1 heterocycles. The second kappa shape index (κ2) is 6.83. The first-order chi connectivity index (χ1) is 11.9. The van der Waals surface area contributed by atoms with Crippen molar-refractivity contribution in [1.82, 2.24) is 0 Å². The molecule has 0 radical (unpaired) electrons. The Kier molecular flexibility index (Phi) is 4.92. The molecule has 0 unspecified atom stereocenters. The summed E-state index contributed by atoms with van der Waals surface area (Å²) in [5, 5.41) is 0. The first-order valence-electron chi connectivity index (χ1n) is 8.96. The van der Waals surface area contributed by atoms with E-state index in [9.17, 15) is 4.79 Å². The van der Waals surface area contributed by atoms with Crippen molar-refractivity contribution in [3.63, 3.8) is 0 Å². The van der Waals surface area contributed by atoms with Crippen LogP contribution in [-0.4, -0.2) is 26.3 Å². The first kappa shape index (κ1) is 18.0. The van der Waals surface area contributed by atoms with Crippen molar-refractivity contribution in [3.05, 3.63) is 41.5 Å². The summed E-state index contributed by atoms with van der Waals surface area (Å²) in [6.07, 6.45) is 2.36. The lowest BCUT2D eigenvalue weighted by Gasteiger charge is -2.55. The van der Waals surface area contributed by atoms with Gasteiger partial charge in [0.2, 0.25) is 0 Å². The SMILES string of the molecule is COc1ccc([C@H]2OC[C@]3(COC(C)=O)[C@@H](C)C=C(C)[C@@H]2[C@@H]3C)cc1. The van der Waals surface area contributed by atoms with Gasteiger partial charge in [-0.2, -0.15) is 0 Å². The van der Waals surface area contributed by atoms with Crippen LogP contribution in [-0.2, 0) is 14.3 Å². The molecule has 5 atom stereocenters. The Balaban J connectivity index is 1.92. The Morgan fingerprint density at radius 3 is 2.56 bits per heavy atom. The lowest BCUT2D eigenvalue weighted by Crippen LogP contribution is -2.54. The van der Waals surface area contributed by atoms with Crippen molar-refractivity contribution in [2.75, 3.05) is 20.3 Å². The number of methoxy groups -OCH3 is 1. The Labute approximate surface area is 150 Å². The van der Waals surface area contributed by atoms with Crippen molar-refractivity contribution in [2.24, 2.45) is 23.2 Å². The number of hydrogen-bond donors (Lipinski definition) is 0. The van der Waals surface area contributed by atoms with E-state index in [1.165, 1.54) is 18.1 Å². The Morgan fingerprint density at radius 1 is 1.28 bits per heavy atom. The van der Waals surface area contributed by atoms with E-state index >= 15 is 0 Å². The lowest BCUT2D eigenvalue weighted by molar-refractivity contribution is -0.180. The fourth-order valence-electron chi connectivity index (χ4n) is 4.59. The van der Waals surface area contributed by atoms with Gasteiger partial charge in [0.1, 0.15) is 5.75 Å². The lowest BCUT2D eigenvalue weighted by atomic mass is 9.56. The topological polar surface area (TPSA) is 44.8 Å². The summed E-state index contributed by atoms with van der Waals surface area (Å²) in [4.78, 5) is 11.4. The van der Waals surface area contributed by atoms with E-state index in [0.29, 0.717) is 25.0 Å². The molecular formula is C21H28O4. The van der Waals surface area contributed by atoms with Gasteiger partial charge in [-0.1, -0.05) is 37.6 Å². The average Bonchev–Trinajstić information content (AvgIpc) is 2.59. The molecule has 1 saturated heterocycles. The molecule has 1 aliphatic carbocycles. The quantitative estimate of drug-likeness (QED) is 0.607. The summed E-state index contributed by atoms with van der Waals surface area (Å²) in [6.45, 7) is 9.16. The Hall–Kier alpha value is -1.81. The maximum atomic E-state index is 11.4. The number of hydrogen-bond acceptors (Lipinski definition) is 4. The van der Waals surface area contributed by atoms with Crippen molar-refractivity contribution >= 4 is 5.97 Å². The van der Waals surface area contributed by atoms with E-state index in [1.807, 2.05) is 12.1 Å². The van der Waals surface area contributed by atoms with Crippen molar-refractivity contribution in [1.29, 1.82) is 0 Å². The van der Waals surface area contributed by atoms with E-state index in [2.05, 4.69) is 39.0 Å². The normalized spacial score (nSPS) is 34.2. The Bertz CT molecular complexity index is 663. The van der Waals surface area contributed by atoms with Gasteiger partial charge in [0, 0.05) is 18.3 Å². The number of allylic oxidation sites excluding steroid dienone is 1. The van der Waals surface area contributed by atoms with Crippen LogP contribution < -0.4 is 4.74 Å². The third-order valence-corrected chi connectivity index (χ3v) is 6.24. The van der Waals surface area contributed by atoms with Crippen LogP contribution >= 0.6 is 0 Å². The number of fused-ring (bicyclic) bond motifs is 2. The molecule has 1 fully saturated rings. The summed E-state index contributed by atoms with van der Waals surface area (Å²) >= 11 is 0. The molecule has 2 aliphatic rings. The molecule has 1 aliphatic heterocycles. The molecule has 2 bridgehead atoms. The molecule has 4 heteroatoms. The molecule has 4 nitrogen and oxygen atoms in total. The van der Waals surface area contributed by atoms with E-state index < -0.39 is 0 Å². The van der Waals surface area contributed by atoms with Gasteiger partial charge in [0.25, 0.3) is 0 Å². The van der Waals surface area contributed by atoms with E-state index in [0.717, 1.165) is 5.75 Å². The van der Waals surface area contributed by atoms with Gasteiger partial charge in [0.15, 0.2) is 0 Å². The monoisotopic (exact) mass is 344 g/mol. The standard InChI is InChI=1S/C21H28O4/c1-13-10-14(2)21(11-24-16(4)22)12-25-20(19(13)15(21)3)17-6-8-18(23-5)9-7-17/h6-10,14-15,19-20H,11-12H2,1-5H3/t14-,15-,19+,20+,21+/m0/s1. The fourth-order valence-corrected chi connectivity index (χ4v) is 4.59. The van der Waals surface area contributed by atoms with Gasteiger partial charge in [0.05, 0.1) is 26.4 Å². The first-order valence-corrected chi connectivity index (χ1v) is 8.96. The molecule has 0 spiro atoms. The van der Waals surface area contributed by atoms with Crippen LogP contribution in [0.15, 0.2) is 35.9 Å². The summed E-state index contributed by atoms with van der Waals surface area (Å²) in [5.74, 6) is 1.59. The molecular weight excluding hydrogens is 316 g/mol. The van der Waals surface area contributed by atoms with E-state index in [4.69, 9.17) is 14.2 Å². The van der Waals surface area contributed by atoms with Crippen molar-refractivity contribution in [3.8, 4) is 5.75 Å². The summed E-state index contributed by atoms with van der Waals surface area (Å²) in [7, 11) is 1.67. The van der Waals surface area contributed by atoms with Crippen LogP contribution in [0.5, 0.6) is 5.75 Å². The van der Waals surface area contributed by atoms with E-state index in [-0.39, 0.29) is 23.4 Å². The highest BCUT2D eigenvalue weighted by Crippen LogP contribution is 2.56. The van der Waals surface area contributed by atoms with Crippen LogP contribution in [0.2, 0.25) is 0 Å². The average molecular weight is 344 g/mol. The van der Waals surface area contributed by atoms with Crippen molar-refractivity contribution in [2.45, 2.75) is 33.8 Å². The predicted octanol–water partition coefficient (Wildman–Crippen LogP) is 4.16. The zero-order valence-corrected chi connectivity index (χ0v) is 15.7. The molecule has 1 aromatic rings. The second-order valence-corrected chi connectivity index (χ2v) is 7.53.